The molecule has 0 fully saturated rings. The molecule has 1 aromatic carbocycles. The molecule has 2 rings (SSSR count). The first-order valence-corrected chi connectivity index (χ1v) is 11.7. The van der Waals surface area contributed by atoms with Crippen LogP contribution in [0.5, 0.6) is 0 Å². The van der Waals surface area contributed by atoms with Gasteiger partial charge in [0, 0.05) is 12.1 Å². The molecule has 0 amide bonds. The van der Waals surface area contributed by atoms with E-state index in [2.05, 4.69) is 34.6 Å². The molecule has 4 nitrogen and oxygen atoms in total. The molecule has 160 valence electrons. The fourth-order valence-corrected chi connectivity index (χ4v) is 3.40. The molecule has 0 radical (unpaired) electrons. The fourth-order valence-electron chi connectivity index (χ4n) is 3.40. The van der Waals surface area contributed by atoms with Gasteiger partial charge in [-0.2, -0.15) is 0 Å². The Morgan fingerprint density at radius 1 is 0.759 bits per heavy atom. The number of hydrogen-bond donors (Lipinski definition) is 1. The molecule has 0 saturated carbocycles. The SMILES string of the molecule is CCCCCCCC/C=C\CCCCCCCc1nnc(Nc2ccccc2)o1. The first-order chi connectivity index (χ1) is 14.4. The van der Waals surface area contributed by atoms with E-state index in [-0.39, 0.29) is 0 Å². The van der Waals surface area contributed by atoms with Gasteiger partial charge in [0.1, 0.15) is 0 Å². The molecule has 0 saturated heterocycles. The van der Waals surface area contributed by atoms with Crippen LogP contribution in [-0.4, -0.2) is 10.2 Å². The van der Waals surface area contributed by atoms with Crippen molar-refractivity contribution in [3.05, 3.63) is 48.4 Å². The van der Waals surface area contributed by atoms with Crippen LogP contribution in [0.2, 0.25) is 0 Å². The van der Waals surface area contributed by atoms with Gasteiger partial charge in [-0.3, -0.25) is 0 Å². The minimum Gasteiger partial charge on any atom is -0.408 e. The van der Waals surface area contributed by atoms with Crippen molar-refractivity contribution in [1.82, 2.24) is 10.2 Å². The van der Waals surface area contributed by atoms with Gasteiger partial charge < -0.3 is 9.73 Å². The van der Waals surface area contributed by atoms with E-state index < -0.39 is 0 Å². The van der Waals surface area contributed by atoms with Gasteiger partial charge in [0.2, 0.25) is 5.89 Å². The molecule has 0 aliphatic rings. The predicted molar refractivity (Wildman–Crippen MR) is 123 cm³/mol. The Labute approximate surface area is 177 Å². The second kappa shape index (κ2) is 15.8. The van der Waals surface area contributed by atoms with Crippen LogP contribution < -0.4 is 5.32 Å². The van der Waals surface area contributed by atoms with Gasteiger partial charge >= 0.3 is 6.01 Å². The number of aromatic nitrogens is 2. The number of hydrogen-bond acceptors (Lipinski definition) is 4. The number of nitrogens with zero attached hydrogens (tertiary/aromatic N) is 2. The zero-order valence-electron chi connectivity index (χ0n) is 18.2. The van der Waals surface area contributed by atoms with Crippen molar-refractivity contribution in [2.24, 2.45) is 0 Å². The Bertz CT molecular complexity index is 651. The Morgan fingerprint density at radius 3 is 2.07 bits per heavy atom. The van der Waals surface area contributed by atoms with Gasteiger partial charge in [-0.05, 0) is 44.2 Å². The van der Waals surface area contributed by atoms with E-state index in [1.54, 1.807) is 0 Å². The lowest BCUT2D eigenvalue weighted by Gasteiger charge is -2.00. The van der Waals surface area contributed by atoms with Crippen LogP contribution >= 0.6 is 0 Å². The fraction of sp³-hybridized carbons (Fsp3) is 0.600. The zero-order valence-corrected chi connectivity index (χ0v) is 18.2. The van der Waals surface area contributed by atoms with Crippen molar-refractivity contribution < 1.29 is 4.42 Å². The maximum atomic E-state index is 5.66. The molecule has 29 heavy (non-hydrogen) atoms. The van der Waals surface area contributed by atoms with E-state index in [1.165, 1.54) is 77.0 Å². The number of rotatable bonds is 17. The third-order valence-electron chi connectivity index (χ3n) is 5.14. The number of anilines is 2. The Morgan fingerprint density at radius 2 is 1.38 bits per heavy atom. The summed E-state index contributed by atoms with van der Waals surface area (Å²) in [5, 5.41) is 11.3. The van der Waals surface area contributed by atoms with Crippen LogP contribution in [0.15, 0.2) is 46.9 Å². The highest BCUT2D eigenvalue weighted by molar-refractivity contribution is 5.50. The molecule has 0 aliphatic carbocycles. The van der Waals surface area contributed by atoms with Gasteiger partial charge in [0.25, 0.3) is 0 Å². The predicted octanol–water partition coefficient (Wildman–Crippen LogP) is 8.00. The largest absolute Gasteiger partial charge is 0.408 e. The molecule has 1 N–H and O–H groups in total. The van der Waals surface area contributed by atoms with Crippen LogP contribution in [0.25, 0.3) is 0 Å². The molecule has 0 aliphatic heterocycles. The summed E-state index contributed by atoms with van der Waals surface area (Å²) >= 11 is 0. The minimum atomic E-state index is 0.471. The Kier molecular flexibility index (Phi) is 12.6. The van der Waals surface area contributed by atoms with Crippen LogP contribution in [0.4, 0.5) is 11.7 Å². The third-order valence-corrected chi connectivity index (χ3v) is 5.14. The summed E-state index contributed by atoms with van der Waals surface area (Å²) in [6, 6.07) is 10.4. The normalized spacial score (nSPS) is 11.3. The van der Waals surface area contributed by atoms with Gasteiger partial charge in [0.15, 0.2) is 0 Å². The highest BCUT2D eigenvalue weighted by Gasteiger charge is 2.05. The first-order valence-electron chi connectivity index (χ1n) is 11.7. The van der Waals surface area contributed by atoms with Crippen molar-refractivity contribution in [2.75, 3.05) is 5.32 Å². The summed E-state index contributed by atoms with van der Waals surface area (Å²) in [6.45, 7) is 2.27. The van der Waals surface area contributed by atoms with Crippen molar-refractivity contribution in [3.63, 3.8) is 0 Å². The number of para-hydroxylation sites is 1. The quantitative estimate of drug-likeness (QED) is 0.217. The molecule has 2 aromatic rings. The van der Waals surface area contributed by atoms with Crippen molar-refractivity contribution in [1.29, 1.82) is 0 Å². The standard InChI is InChI=1S/C25H39N3O/c1-2-3-4-5-6-7-8-9-10-11-12-13-14-15-19-22-24-27-28-25(29-24)26-23-20-17-16-18-21-23/h9-10,16-18,20-21H,2-8,11-15,19,22H2,1H3,(H,26,28)/b10-9-. The molecule has 0 spiro atoms. The highest BCUT2D eigenvalue weighted by Crippen LogP contribution is 2.16. The lowest BCUT2D eigenvalue weighted by molar-refractivity contribution is 0.489. The first kappa shape index (κ1) is 23.2. The van der Waals surface area contributed by atoms with E-state index in [9.17, 15) is 0 Å². The van der Waals surface area contributed by atoms with Gasteiger partial charge in [-0.15, -0.1) is 5.10 Å². The topological polar surface area (TPSA) is 51.0 Å². The van der Waals surface area contributed by atoms with Gasteiger partial charge in [-0.25, -0.2) is 0 Å². The number of aryl methyl sites for hydroxylation is 1. The molecular weight excluding hydrogens is 358 g/mol. The van der Waals surface area contributed by atoms with E-state index >= 15 is 0 Å². The maximum absolute atomic E-state index is 5.66. The van der Waals surface area contributed by atoms with E-state index in [4.69, 9.17) is 4.42 Å². The summed E-state index contributed by atoms with van der Waals surface area (Å²) in [5.41, 5.74) is 0.962. The molecule has 0 unspecified atom stereocenters. The third kappa shape index (κ3) is 11.5. The van der Waals surface area contributed by atoms with Gasteiger partial charge in [0.05, 0.1) is 0 Å². The summed E-state index contributed by atoms with van der Waals surface area (Å²) in [5.74, 6) is 0.723. The minimum absolute atomic E-state index is 0.471. The average molecular weight is 398 g/mol. The van der Waals surface area contributed by atoms with Crippen LogP contribution in [-0.2, 0) is 6.42 Å². The molecule has 0 bridgehead atoms. The average Bonchev–Trinajstić information content (AvgIpc) is 3.19. The summed E-state index contributed by atoms with van der Waals surface area (Å²) in [6.07, 6.45) is 22.7. The Balaban J connectivity index is 1.40. The lowest BCUT2D eigenvalue weighted by atomic mass is 10.1. The van der Waals surface area contributed by atoms with Crippen molar-refractivity contribution in [3.8, 4) is 0 Å². The number of benzene rings is 1. The molecule has 1 aromatic heterocycles. The van der Waals surface area contributed by atoms with Crippen LogP contribution in [0.3, 0.4) is 0 Å². The Hall–Kier alpha value is -2.10. The maximum Gasteiger partial charge on any atom is 0.320 e. The van der Waals surface area contributed by atoms with Crippen LogP contribution in [0.1, 0.15) is 96.3 Å². The molecule has 1 heterocycles. The number of allylic oxidation sites excluding steroid dienone is 2. The van der Waals surface area contributed by atoms with Gasteiger partial charge in [-0.1, -0.05) is 93.7 Å². The van der Waals surface area contributed by atoms with E-state index in [0.29, 0.717) is 6.01 Å². The second-order valence-electron chi connectivity index (χ2n) is 7.83. The van der Waals surface area contributed by atoms with Crippen molar-refractivity contribution in [2.45, 2.75) is 96.8 Å². The number of nitrogens with one attached hydrogen (secondary N) is 1. The monoisotopic (exact) mass is 397 g/mol. The van der Waals surface area contributed by atoms with E-state index in [0.717, 1.165) is 24.4 Å². The smallest absolute Gasteiger partial charge is 0.320 e. The molecule has 0 atom stereocenters. The van der Waals surface area contributed by atoms with Crippen LogP contribution in [0, 0.1) is 0 Å². The summed E-state index contributed by atoms with van der Waals surface area (Å²) < 4.78 is 5.66. The second-order valence-corrected chi connectivity index (χ2v) is 7.83. The molecular formula is C25H39N3O. The highest BCUT2D eigenvalue weighted by atomic mass is 16.4. The summed E-state index contributed by atoms with van der Waals surface area (Å²) in [4.78, 5) is 0. The summed E-state index contributed by atoms with van der Waals surface area (Å²) in [7, 11) is 0. The molecule has 4 heteroatoms. The van der Waals surface area contributed by atoms with E-state index in [1.807, 2.05) is 30.3 Å². The number of unbranched alkanes of at least 4 members (excludes halogenated alkanes) is 11. The zero-order chi connectivity index (χ0) is 20.4. The lowest BCUT2D eigenvalue weighted by Crippen LogP contribution is -1.88. The van der Waals surface area contributed by atoms with Crippen molar-refractivity contribution >= 4 is 11.7 Å².